The lowest BCUT2D eigenvalue weighted by atomic mass is 10.1. The smallest absolute Gasteiger partial charge is 0.302 e. The molecular weight excluding hydrogens is 313 g/mol. The molecule has 0 atom stereocenters. The van der Waals surface area contributed by atoms with Crippen LogP contribution in [0.4, 0.5) is 18.3 Å². The van der Waals surface area contributed by atoms with Gasteiger partial charge in [-0.2, -0.15) is 13.2 Å². The molecule has 0 unspecified atom stereocenters. The van der Waals surface area contributed by atoms with E-state index in [-0.39, 0.29) is 12.3 Å². The number of halogens is 3. The Bertz CT molecular complexity index is 675. The molecule has 22 heavy (non-hydrogen) atoms. The van der Waals surface area contributed by atoms with E-state index in [0.717, 1.165) is 30.7 Å². The molecule has 2 aromatic rings. The molecule has 3 rings (SSSR count). The fourth-order valence-electron chi connectivity index (χ4n) is 2.07. The summed E-state index contributed by atoms with van der Waals surface area (Å²) in [6.07, 6.45) is -2.05. The number of aromatic nitrogens is 1. The fraction of sp³-hybridized carbons (Fsp3) is 0.333. The summed E-state index contributed by atoms with van der Waals surface area (Å²) in [4.78, 5) is 16.2. The van der Waals surface area contributed by atoms with Crippen molar-refractivity contribution in [2.24, 2.45) is 0 Å². The molecule has 0 bridgehead atoms. The molecule has 0 radical (unpaired) electrons. The standard InChI is InChI=1S/C15H13F3N2OS/c16-15(17,18)11-5-1-9(2-6-11)7-13(21)20-14-19-12(8-22-14)10-3-4-10/h1-2,5-6,8,10H,3-4,7H2,(H,19,20,21). The summed E-state index contributed by atoms with van der Waals surface area (Å²) in [5.74, 6) is 0.244. The number of alkyl halides is 3. The molecule has 0 spiro atoms. The molecule has 0 aliphatic heterocycles. The van der Waals surface area contributed by atoms with Gasteiger partial charge in [0.2, 0.25) is 5.91 Å². The fourth-order valence-corrected chi connectivity index (χ4v) is 2.88. The van der Waals surface area contributed by atoms with Gasteiger partial charge in [0.15, 0.2) is 5.13 Å². The number of thiazole rings is 1. The van der Waals surface area contributed by atoms with Crippen molar-refractivity contribution in [2.75, 3.05) is 5.32 Å². The second-order valence-electron chi connectivity index (χ2n) is 5.27. The third kappa shape index (κ3) is 3.65. The lowest BCUT2D eigenvalue weighted by molar-refractivity contribution is -0.137. The number of rotatable bonds is 4. The number of benzene rings is 1. The summed E-state index contributed by atoms with van der Waals surface area (Å²) < 4.78 is 37.4. The highest BCUT2D eigenvalue weighted by atomic mass is 32.1. The Morgan fingerprint density at radius 1 is 1.27 bits per heavy atom. The van der Waals surface area contributed by atoms with E-state index in [1.807, 2.05) is 5.38 Å². The van der Waals surface area contributed by atoms with Crippen LogP contribution in [0.25, 0.3) is 0 Å². The van der Waals surface area contributed by atoms with E-state index in [9.17, 15) is 18.0 Å². The summed E-state index contributed by atoms with van der Waals surface area (Å²) in [5, 5.41) is 5.16. The van der Waals surface area contributed by atoms with Crippen molar-refractivity contribution in [1.82, 2.24) is 4.98 Å². The second-order valence-corrected chi connectivity index (χ2v) is 6.13. The van der Waals surface area contributed by atoms with Crippen molar-refractivity contribution in [3.63, 3.8) is 0 Å². The summed E-state index contributed by atoms with van der Waals surface area (Å²) in [6, 6.07) is 4.61. The van der Waals surface area contributed by atoms with Crippen LogP contribution in [-0.4, -0.2) is 10.9 Å². The second kappa shape index (κ2) is 5.72. The van der Waals surface area contributed by atoms with Gasteiger partial charge in [0.25, 0.3) is 0 Å². The van der Waals surface area contributed by atoms with Gasteiger partial charge in [0.05, 0.1) is 17.7 Å². The Balaban J connectivity index is 1.58. The van der Waals surface area contributed by atoms with Gasteiger partial charge >= 0.3 is 6.18 Å². The van der Waals surface area contributed by atoms with E-state index in [0.29, 0.717) is 16.6 Å². The number of amides is 1. The lowest BCUT2D eigenvalue weighted by Crippen LogP contribution is -2.14. The van der Waals surface area contributed by atoms with Crippen LogP contribution < -0.4 is 5.32 Å². The third-order valence-corrected chi connectivity index (χ3v) is 4.19. The van der Waals surface area contributed by atoms with E-state index in [1.165, 1.54) is 23.5 Å². The maximum Gasteiger partial charge on any atom is 0.416 e. The number of nitrogens with zero attached hydrogens (tertiary/aromatic N) is 1. The van der Waals surface area contributed by atoms with Crippen LogP contribution in [0.3, 0.4) is 0 Å². The van der Waals surface area contributed by atoms with Crippen molar-refractivity contribution >= 4 is 22.4 Å². The number of nitrogens with one attached hydrogen (secondary N) is 1. The first-order valence-electron chi connectivity index (χ1n) is 6.83. The van der Waals surface area contributed by atoms with Crippen molar-refractivity contribution in [2.45, 2.75) is 31.4 Å². The predicted octanol–water partition coefficient (Wildman–Crippen LogP) is 4.22. The molecule has 0 saturated heterocycles. The average molecular weight is 326 g/mol. The predicted molar refractivity (Wildman–Crippen MR) is 77.9 cm³/mol. The lowest BCUT2D eigenvalue weighted by Gasteiger charge is -2.07. The Morgan fingerprint density at radius 3 is 2.55 bits per heavy atom. The van der Waals surface area contributed by atoms with Gasteiger partial charge in [0.1, 0.15) is 0 Å². The quantitative estimate of drug-likeness (QED) is 0.914. The third-order valence-electron chi connectivity index (χ3n) is 3.41. The molecule has 7 heteroatoms. The zero-order valence-electron chi connectivity index (χ0n) is 11.5. The van der Waals surface area contributed by atoms with Crippen LogP contribution in [0, 0.1) is 0 Å². The van der Waals surface area contributed by atoms with Gasteiger partial charge in [0, 0.05) is 11.3 Å². The van der Waals surface area contributed by atoms with Gasteiger partial charge in [-0.3, -0.25) is 4.79 Å². The minimum absolute atomic E-state index is 0.0243. The highest BCUT2D eigenvalue weighted by Crippen LogP contribution is 2.40. The first kappa shape index (κ1) is 15.0. The summed E-state index contributed by atoms with van der Waals surface area (Å²) in [5.41, 5.74) is 0.824. The topological polar surface area (TPSA) is 42.0 Å². The monoisotopic (exact) mass is 326 g/mol. The molecule has 1 aliphatic carbocycles. The van der Waals surface area contributed by atoms with Gasteiger partial charge in [-0.1, -0.05) is 12.1 Å². The number of anilines is 1. The molecule has 1 heterocycles. The van der Waals surface area contributed by atoms with Crippen LogP contribution in [-0.2, 0) is 17.4 Å². The van der Waals surface area contributed by atoms with E-state index in [2.05, 4.69) is 10.3 Å². The minimum atomic E-state index is -4.36. The zero-order chi connectivity index (χ0) is 15.7. The SMILES string of the molecule is O=C(Cc1ccc(C(F)(F)F)cc1)Nc1nc(C2CC2)cs1. The molecule has 1 N–H and O–H groups in total. The van der Waals surface area contributed by atoms with Crippen LogP contribution >= 0.6 is 11.3 Å². The average Bonchev–Trinajstić information content (AvgIpc) is 3.19. The number of carbonyl (C=O) groups excluding carboxylic acids is 1. The Labute approximate surface area is 129 Å². The molecular formula is C15H13F3N2OS. The molecule has 1 fully saturated rings. The molecule has 1 aromatic carbocycles. The Hall–Kier alpha value is -1.89. The van der Waals surface area contributed by atoms with Crippen molar-refractivity contribution in [3.05, 3.63) is 46.5 Å². The van der Waals surface area contributed by atoms with E-state index >= 15 is 0 Å². The summed E-state index contributed by atoms with van der Waals surface area (Å²) in [6.45, 7) is 0. The molecule has 1 aromatic heterocycles. The molecule has 116 valence electrons. The first-order valence-corrected chi connectivity index (χ1v) is 7.71. The van der Waals surface area contributed by atoms with Crippen LogP contribution in [0.15, 0.2) is 29.6 Å². The van der Waals surface area contributed by atoms with E-state index < -0.39 is 11.7 Å². The number of carbonyl (C=O) groups is 1. The van der Waals surface area contributed by atoms with Gasteiger partial charge in [-0.25, -0.2) is 4.98 Å². The Kier molecular flexibility index (Phi) is 3.90. The van der Waals surface area contributed by atoms with Crippen LogP contribution in [0.1, 0.15) is 35.6 Å². The highest BCUT2D eigenvalue weighted by Gasteiger charge is 2.30. The van der Waals surface area contributed by atoms with Crippen molar-refractivity contribution in [3.8, 4) is 0 Å². The molecule has 1 aliphatic rings. The summed E-state index contributed by atoms with van der Waals surface area (Å²) in [7, 11) is 0. The van der Waals surface area contributed by atoms with Gasteiger partial charge in [-0.05, 0) is 30.5 Å². The molecule has 1 amide bonds. The zero-order valence-corrected chi connectivity index (χ0v) is 12.3. The van der Waals surface area contributed by atoms with Crippen LogP contribution in [0.5, 0.6) is 0 Å². The molecule has 3 nitrogen and oxygen atoms in total. The minimum Gasteiger partial charge on any atom is -0.302 e. The summed E-state index contributed by atoms with van der Waals surface area (Å²) >= 11 is 1.37. The molecule has 1 saturated carbocycles. The maximum absolute atomic E-state index is 12.5. The van der Waals surface area contributed by atoms with Gasteiger partial charge in [-0.15, -0.1) is 11.3 Å². The van der Waals surface area contributed by atoms with E-state index in [4.69, 9.17) is 0 Å². The van der Waals surface area contributed by atoms with Crippen molar-refractivity contribution in [1.29, 1.82) is 0 Å². The van der Waals surface area contributed by atoms with E-state index in [1.54, 1.807) is 0 Å². The van der Waals surface area contributed by atoms with Crippen molar-refractivity contribution < 1.29 is 18.0 Å². The largest absolute Gasteiger partial charge is 0.416 e. The normalized spacial score (nSPS) is 14.9. The van der Waals surface area contributed by atoms with Gasteiger partial charge < -0.3 is 5.32 Å². The number of hydrogen-bond acceptors (Lipinski definition) is 3. The van der Waals surface area contributed by atoms with Crippen LogP contribution in [0.2, 0.25) is 0 Å². The number of hydrogen-bond donors (Lipinski definition) is 1. The Morgan fingerprint density at radius 2 is 1.95 bits per heavy atom. The highest BCUT2D eigenvalue weighted by molar-refractivity contribution is 7.13. The first-order chi connectivity index (χ1) is 10.4. The maximum atomic E-state index is 12.5.